The highest BCUT2D eigenvalue weighted by Crippen LogP contribution is 2.33. The summed E-state index contributed by atoms with van der Waals surface area (Å²) in [6.45, 7) is 3.82. The van der Waals surface area contributed by atoms with E-state index in [9.17, 15) is 9.18 Å². The van der Waals surface area contributed by atoms with Gasteiger partial charge in [0.1, 0.15) is 11.6 Å². The van der Waals surface area contributed by atoms with Crippen LogP contribution in [0.1, 0.15) is 35.2 Å². The van der Waals surface area contributed by atoms with Gasteiger partial charge in [-0.3, -0.25) is 4.79 Å². The maximum absolute atomic E-state index is 13.8. The molecule has 2 aromatic rings. The second-order valence-corrected chi connectivity index (χ2v) is 7.13. The predicted molar refractivity (Wildman–Crippen MR) is 124 cm³/mol. The van der Waals surface area contributed by atoms with Gasteiger partial charge in [0, 0.05) is 31.3 Å². The quantitative estimate of drug-likeness (QED) is 0.602. The molecule has 0 atom stereocenters. The fourth-order valence-corrected chi connectivity index (χ4v) is 3.43. The number of benzene rings is 2. The van der Waals surface area contributed by atoms with Crippen molar-refractivity contribution < 1.29 is 18.7 Å². The van der Waals surface area contributed by atoms with Gasteiger partial charge < -0.3 is 25.4 Å². The third-order valence-electron chi connectivity index (χ3n) is 4.98. The Kier molecular flexibility index (Phi) is 11.6. The van der Waals surface area contributed by atoms with E-state index < -0.39 is 5.82 Å². The maximum atomic E-state index is 13.8. The number of likely N-dealkylation sites (tertiary alicyclic amines) is 1. The van der Waals surface area contributed by atoms with E-state index in [4.69, 9.17) is 15.2 Å². The average molecular weight is 474 g/mol. The third-order valence-corrected chi connectivity index (χ3v) is 4.98. The van der Waals surface area contributed by atoms with E-state index in [1.807, 2.05) is 0 Å². The van der Waals surface area contributed by atoms with Gasteiger partial charge in [-0.25, -0.2) is 4.39 Å². The third kappa shape index (κ3) is 7.85. The Hall–Kier alpha value is -2.06. The molecule has 1 amide bonds. The van der Waals surface area contributed by atoms with Crippen molar-refractivity contribution in [1.29, 1.82) is 0 Å². The summed E-state index contributed by atoms with van der Waals surface area (Å²) < 4.78 is 24.9. The summed E-state index contributed by atoms with van der Waals surface area (Å²) in [5, 5.41) is 2.95. The molecular formula is C22H30Cl2FN3O3. The molecule has 0 spiro atoms. The van der Waals surface area contributed by atoms with Gasteiger partial charge in [0.05, 0.1) is 7.11 Å². The first kappa shape index (κ1) is 27.0. The number of carbonyl (C=O) groups is 1. The standard InChI is InChI=1S/C22H28FN3O3.2ClH/c1-28-20-6-5-17(22(27)25-7-10-26-8-3-2-4-9-26)13-21(20)29-19-12-16(15-24)11-18(23)14-19;;/h5-6,11-14H,2-4,7-10,15,24H2,1H3,(H,25,27);2*1H. The molecule has 0 unspecified atom stereocenters. The SMILES string of the molecule is COc1ccc(C(=O)NCCN2CCCCC2)cc1Oc1cc(F)cc(CN)c1.Cl.Cl. The van der Waals surface area contributed by atoms with Crippen LogP contribution in [0.5, 0.6) is 17.2 Å². The van der Waals surface area contributed by atoms with Crippen molar-refractivity contribution in [2.24, 2.45) is 5.73 Å². The molecule has 9 heteroatoms. The topological polar surface area (TPSA) is 76.8 Å². The van der Waals surface area contributed by atoms with E-state index >= 15 is 0 Å². The van der Waals surface area contributed by atoms with Crippen molar-refractivity contribution in [2.75, 3.05) is 33.3 Å². The van der Waals surface area contributed by atoms with Crippen LogP contribution in [-0.4, -0.2) is 44.1 Å². The summed E-state index contributed by atoms with van der Waals surface area (Å²) in [6.07, 6.45) is 3.73. The number of hydrogen-bond acceptors (Lipinski definition) is 5. The number of piperidine rings is 1. The van der Waals surface area contributed by atoms with E-state index in [0.29, 0.717) is 34.9 Å². The van der Waals surface area contributed by atoms with Crippen LogP contribution in [0.25, 0.3) is 0 Å². The minimum Gasteiger partial charge on any atom is -0.493 e. The number of nitrogens with two attached hydrogens (primary N) is 1. The molecule has 1 heterocycles. The first-order valence-corrected chi connectivity index (χ1v) is 9.95. The van der Waals surface area contributed by atoms with Crippen molar-refractivity contribution in [3.8, 4) is 17.2 Å². The Balaban J connectivity index is 0.00000240. The maximum Gasteiger partial charge on any atom is 0.251 e. The van der Waals surface area contributed by atoms with Crippen molar-refractivity contribution in [1.82, 2.24) is 10.2 Å². The van der Waals surface area contributed by atoms with Gasteiger partial charge in [0.2, 0.25) is 0 Å². The van der Waals surface area contributed by atoms with Crippen LogP contribution < -0.4 is 20.5 Å². The van der Waals surface area contributed by atoms with Crippen molar-refractivity contribution in [2.45, 2.75) is 25.8 Å². The zero-order valence-electron chi connectivity index (χ0n) is 17.6. The van der Waals surface area contributed by atoms with Crippen LogP contribution in [-0.2, 0) is 6.54 Å². The number of methoxy groups -OCH3 is 1. The molecule has 1 aliphatic rings. The summed E-state index contributed by atoms with van der Waals surface area (Å²) in [6, 6.07) is 9.23. The Morgan fingerprint density at radius 2 is 1.84 bits per heavy atom. The number of carbonyl (C=O) groups excluding carboxylic acids is 1. The van der Waals surface area contributed by atoms with Crippen LogP contribution in [0.3, 0.4) is 0 Å². The van der Waals surface area contributed by atoms with E-state index in [1.54, 1.807) is 24.3 Å². The molecule has 1 saturated heterocycles. The normalized spacial score (nSPS) is 13.5. The van der Waals surface area contributed by atoms with Crippen molar-refractivity contribution in [3.63, 3.8) is 0 Å². The van der Waals surface area contributed by atoms with Gasteiger partial charge in [-0.1, -0.05) is 6.42 Å². The highest BCUT2D eigenvalue weighted by Gasteiger charge is 2.14. The number of nitrogens with zero attached hydrogens (tertiary/aromatic N) is 1. The summed E-state index contributed by atoms with van der Waals surface area (Å²) >= 11 is 0. The minimum absolute atomic E-state index is 0. The largest absolute Gasteiger partial charge is 0.493 e. The molecule has 6 nitrogen and oxygen atoms in total. The molecule has 31 heavy (non-hydrogen) atoms. The average Bonchev–Trinajstić information content (AvgIpc) is 2.74. The predicted octanol–water partition coefficient (Wildman–Crippen LogP) is 4.14. The summed E-state index contributed by atoms with van der Waals surface area (Å²) in [5.41, 5.74) is 6.67. The van der Waals surface area contributed by atoms with Crippen LogP contribution >= 0.6 is 24.8 Å². The van der Waals surface area contributed by atoms with E-state index in [2.05, 4.69) is 10.2 Å². The number of nitrogens with one attached hydrogen (secondary N) is 1. The zero-order valence-corrected chi connectivity index (χ0v) is 19.2. The summed E-state index contributed by atoms with van der Waals surface area (Å²) in [5.74, 6) is 0.467. The second-order valence-electron chi connectivity index (χ2n) is 7.13. The summed E-state index contributed by atoms with van der Waals surface area (Å²) in [4.78, 5) is 14.9. The molecule has 3 rings (SSSR count). The first-order valence-electron chi connectivity index (χ1n) is 9.95. The lowest BCUT2D eigenvalue weighted by Gasteiger charge is -2.26. The fourth-order valence-electron chi connectivity index (χ4n) is 3.43. The van der Waals surface area contributed by atoms with Crippen molar-refractivity contribution in [3.05, 3.63) is 53.3 Å². The molecule has 1 fully saturated rings. The van der Waals surface area contributed by atoms with Crippen LogP contribution in [0.2, 0.25) is 0 Å². The molecule has 2 aromatic carbocycles. The Labute approximate surface area is 195 Å². The molecule has 3 N–H and O–H groups in total. The molecule has 0 radical (unpaired) electrons. The minimum atomic E-state index is -0.437. The number of ether oxygens (including phenoxy) is 2. The molecule has 0 aromatic heterocycles. The number of hydrogen-bond donors (Lipinski definition) is 2. The number of halogens is 3. The lowest BCUT2D eigenvalue weighted by atomic mass is 10.1. The summed E-state index contributed by atoms with van der Waals surface area (Å²) in [7, 11) is 1.51. The zero-order chi connectivity index (χ0) is 20.6. The Bertz CT molecular complexity index is 849. The van der Waals surface area contributed by atoms with Crippen LogP contribution in [0.15, 0.2) is 36.4 Å². The molecule has 0 saturated carbocycles. The lowest BCUT2D eigenvalue weighted by Crippen LogP contribution is -2.37. The van der Waals surface area contributed by atoms with E-state index in [1.165, 1.54) is 38.5 Å². The van der Waals surface area contributed by atoms with Crippen LogP contribution in [0, 0.1) is 5.82 Å². The highest BCUT2D eigenvalue weighted by atomic mass is 35.5. The molecule has 0 bridgehead atoms. The number of rotatable bonds is 8. The van der Waals surface area contributed by atoms with Gasteiger partial charge in [0.15, 0.2) is 11.5 Å². The monoisotopic (exact) mass is 473 g/mol. The first-order chi connectivity index (χ1) is 14.1. The fraction of sp³-hybridized carbons (Fsp3) is 0.409. The smallest absolute Gasteiger partial charge is 0.251 e. The molecular weight excluding hydrogens is 444 g/mol. The van der Waals surface area contributed by atoms with E-state index in [0.717, 1.165) is 19.6 Å². The van der Waals surface area contributed by atoms with Gasteiger partial charge >= 0.3 is 0 Å². The molecule has 0 aliphatic carbocycles. The highest BCUT2D eigenvalue weighted by molar-refractivity contribution is 5.94. The van der Waals surface area contributed by atoms with Gasteiger partial charge in [-0.2, -0.15) is 0 Å². The van der Waals surface area contributed by atoms with Gasteiger partial charge in [-0.05, 0) is 61.8 Å². The van der Waals surface area contributed by atoms with Gasteiger partial charge in [0.25, 0.3) is 5.91 Å². The Morgan fingerprint density at radius 3 is 2.52 bits per heavy atom. The second kappa shape index (κ2) is 13.4. The molecule has 1 aliphatic heterocycles. The van der Waals surface area contributed by atoms with Gasteiger partial charge in [-0.15, -0.1) is 24.8 Å². The lowest BCUT2D eigenvalue weighted by molar-refractivity contribution is 0.0946. The molecule has 172 valence electrons. The van der Waals surface area contributed by atoms with Crippen LogP contribution in [0.4, 0.5) is 4.39 Å². The van der Waals surface area contributed by atoms with E-state index in [-0.39, 0.29) is 37.3 Å². The Morgan fingerprint density at radius 1 is 1.10 bits per heavy atom. The van der Waals surface area contributed by atoms with Crippen molar-refractivity contribution >= 4 is 30.7 Å². The number of amides is 1.